The number of epoxide rings is 1. The van der Waals surface area contributed by atoms with Gasteiger partial charge >= 0.3 is 0 Å². The van der Waals surface area contributed by atoms with Crippen molar-refractivity contribution in [2.75, 3.05) is 0 Å². The average molecular weight is 214 g/mol. The molecule has 1 aliphatic heterocycles. The fraction of sp³-hybridized carbons (Fsp3) is 0.467. The summed E-state index contributed by atoms with van der Waals surface area (Å²) in [7, 11) is 0. The summed E-state index contributed by atoms with van der Waals surface area (Å²) in [5.74, 6) is 1.42. The Morgan fingerprint density at radius 1 is 1.12 bits per heavy atom. The maximum atomic E-state index is 5.84. The van der Waals surface area contributed by atoms with Crippen LogP contribution >= 0.6 is 0 Å². The van der Waals surface area contributed by atoms with E-state index in [4.69, 9.17) is 4.74 Å². The van der Waals surface area contributed by atoms with Crippen molar-refractivity contribution < 1.29 is 4.74 Å². The van der Waals surface area contributed by atoms with Gasteiger partial charge in [0, 0.05) is 0 Å². The van der Waals surface area contributed by atoms with E-state index in [2.05, 4.69) is 50.3 Å². The molecule has 2 aliphatic rings. The molecule has 0 saturated carbocycles. The van der Waals surface area contributed by atoms with Crippen LogP contribution in [0.1, 0.15) is 25.8 Å². The summed E-state index contributed by atoms with van der Waals surface area (Å²) < 4.78 is 5.84. The number of hydrogen-bond donors (Lipinski definition) is 0. The van der Waals surface area contributed by atoms with Crippen molar-refractivity contribution in [3.05, 3.63) is 42.0 Å². The predicted octanol–water partition coefficient (Wildman–Crippen LogP) is 3.51. The van der Waals surface area contributed by atoms with Gasteiger partial charge in [-0.15, -0.1) is 0 Å². The second-order valence-electron chi connectivity index (χ2n) is 5.12. The summed E-state index contributed by atoms with van der Waals surface area (Å²) >= 11 is 0. The van der Waals surface area contributed by atoms with Crippen LogP contribution in [-0.2, 0) is 4.74 Å². The zero-order valence-corrected chi connectivity index (χ0v) is 9.89. The maximum Gasteiger partial charge on any atom is 0.110 e. The summed E-state index contributed by atoms with van der Waals surface area (Å²) in [6, 6.07) is 10.6. The smallest absolute Gasteiger partial charge is 0.110 e. The van der Waals surface area contributed by atoms with Gasteiger partial charge in [0.1, 0.15) is 6.10 Å². The molecule has 4 atom stereocenters. The van der Waals surface area contributed by atoms with Gasteiger partial charge in [-0.3, -0.25) is 0 Å². The lowest BCUT2D eigenvalue weighted by Crippen LogP contribution is -2.13. The van der Waals surface area contributed by atoms with E-state index in [9.17, 15) is 0 Å². The first-order valence-electron chi connectivity index (χ1n) is 6.18. The first-order valence-corrected chi connectivity index (χ1v) is 6.18. The minimum absolute atomic E-state index is 0.363. The Hall–Kier alpha value is -1.08. The molecule has 0 aromatic heterocycles. The largest absolute Gasteiger partial charge is 0.364 e. The van der Waals surface area contributed by atoms with E-state index in [0.29, 0.717) is 18.1 Å². The van der Waals surface area contributed by atoms with Gasteiger partial charge in [0.2, 0.25) is 0 Å². The van der Waals surface area contributed by atoms with Crippen LogP contribution in [0.25, 0.3) is 5.57 Å². The third kappa shape index (κ3) is 1.60. The standard InChI is InChI=1S/C15H18O/c1-10-8-9-13(12-6-4-3-5-7-12)15-14(16-15)11(10)2/h3-7,9-11,14-15H,8H2,1-2H3/t10-,11+,14-,15+/m1/s1. The molecule has 0 spiro atoms. The minimum Gasteiger partial charge on any atom is -0.364 e. The fourth-order valence-electron chi connectivity index (χ4n) is 2.65. The topological polar surface area (TPSA) is 12.5 Å². The number of hydrogen-bond acceptors (Lipinski definition) is 1. The lowest BCUT2D eigenvalue weighted by atomic mass is 9.91. The Morgan fingerprint density at radius 3 is 2.62 bits per heavy atom. The van der Waals surface area contributed by atoms with Gasteiger partial charge in [-0.25, -0.2) is 0 Å². The molecule has 1 heteroatoms. The van der Waals surface area contributed by atoms with Crippen LogP contribution in [0.15, 0.2) is 36.4 Å². The van der Waals surface area contributed by atoms with Crippen LogP contribution in [0.2, 0.25) is 0 Å². The van der Waals surface area contributed by atoms with Crippen molar-refractivity contribution in [2.45, 2.75) is 32.5 Å². The number of rotatable bonds is 1. The quantitative estimate of drug-likeness (QED) is 0.652. The first kappa shape index (κ1) is 10.1. The molecule has 0 amide bonds. The number of fused-ring (bicyclic) bond motifs is 1. The van der Waals surface area contributed by atoms with Crippen LogP contribution in [0.4, 0.5) is 0 Å². The highest BCUT2D eigenvalue weighted by atomic mass is 16.6. The van der Waals surface area contributed by atoms with Gasteiger partial charge in [-0.2, -0.15) is 0 Å². The van der Waals surface area contributed by atoms with Crippen molar-refractivity contribution in [3.8, 4) is 0 Å². The van der Waals surface area contributed by atoms with E-state index < -0.39 is 0 Å². The van der Waals surface area contributed by atoms with Crippen LogP contribution in [0.5, 0.6) is 0 Å². The van der Waals surface area contributed by atoms with Gasteiger partial charge in [0.25, 0.3) is 0 Å². The highest BCUT2D eigenvalue weighted by Gasteiger charge is 2.48. The minimum atomic E-state index is 0.363. The molecule has 1 aromatic rings. The van der Waals surface area contributed by atoms with E-state index in [0.717, 1.165) is 5.92 Å². The molecule has 1 aliphatic carbocycles. The Bertz CT molecular complexity index is 407. The molecule has 1 fully saturated rings. The van der Waals surface area contributed by atoms with E-state index in [1.54, 1.807) is 0 Å². The highest BCUT2D eigenvalue weighted by molar-refractivity contribution is 5.71. The van der Waals surface area contributed by atoms with Gasteiger partial charge < -0.3 is 4.74 Å². The Labute approximate surface area is 97.1 Å². The molecule has 0 unspecified atom stereocenters. The van der Waals surface area contributed by atoms with Crippen molar-refractivity contribution >= 4 is 5.57 Å². The molecule has 84 valence electrons. The molecule has 16 heavy (non-hydrogen) atoms. The number of benzene rings is 1. The lowest BCUT2D eigenvalue weighted by Gasteiger charge is -2.14. The zero-order chi connectivity index (χ0) is 11.1. The summed E-state index contributed by atoms with van der Waals surface area (Å²) in [4.78, 5) is 0. The lowest BCUT2D eigenvalue weighted by molar-refractivity contribution is 0.274. The van der Waals surface area contributed by atoms with Crippen molar-refractivity contribution in [2.24, 2.45) is 11.8 Å². The number of allylic oxidation sites excluding steroid dienone is 1. The predicted molar refractivity (Wildman–Crippen MR) is 66.0 cm³/mol. The summed E-state index contributed by atoms with van der Waals surface area (Å²) in [5, 5.41) is 0. The normalized spacial score (nSPS) is 37.2. The third-order valence-electron chi connectivity index (χ3n) is 4.06. The molecule has 1 heterocycles. The molecule has 3 rings (SSSR count). The fourth-order valence-corrected chi connectivity index (χ4v) is 2.65. The van der Waals surface area contributed by atoms with Crippen LogP contribution in [0.3, 0.4) is 0 Å². The average Bonchev–Trinajstić information content (AvgIpc) is 3.09. The summed E-state index contributed by atoms with van der Waals surface area (Å²) in [6.07, 6.45) is 4.39. The van der Waals surface area contributed by atoms with Crippen molar-refractivity contribution in [1.82, 2.24) is 0 Å². The number of ether oxygens (including phenoxy) is 1. The van der Waals surface area contributed by atoms with E-state index in [1.165, 1.54) is 17.6 Å². The Balaban J connectivity index is 1.92. The first-order chi connectivity index (χ1) is 7.77. The Kier molecular flexibility index (Phi) is 2.36. The van der Waals surface area contributed by atoms with E-state index >= 15 is 0 Å². The molecule has 0 radical (unpaired) electrons. The van der Waals surface area contributed by atoms with Gasteiger partial charge in [0.05, 0.1) is 6.10 Å². The Morgan fingerprint density at radius 2 is 1.88 bits per heavy atom. The molecule has 1 aromatic carbocycles. The van der Waals surface area contributed by atoms with Crippen LogP contribution in [0, 0.1) is 11.8 Å². The molecular formula is C15H18O. The molecule has 1 saturated heterocycles. The van der Waals surface area contributed by atoms with Gasteiger partial charge in [-0.05, 0) is 29.4 Å². The van der Waals surface area contributed by atoms with Gasteiger partial charge in [-0.1, -0.05) is 50.3 Å². The molecule has 0 N–H and O–H groups in total. The SMILES string of the molecule is C[C@@H]1[C@H]2O[C@H]2C(c2ccccc2)=CC[C@H]1C. The zero-order valence-electron chi connectivity index (χ0n) is 9.89. The van der Waals surface area contributed by atoms with Crippen molar-refractivity contribution in [3.63, 3.8) is 0 Å². The maximum absolute atomic E-state index is 5.84. The summed E-state index contributed by atoms with van der Waals surface area (Å²) in [5.41, 5.74) is 2.73. The van der Waals surface area contributed by atoms with Crippen LogP contribution in [-0.4, -0.2) is 12.2 Å². The van der Waals surface area contributed by atoms with E-state index in [1.807, 2.05) is 0 Å². The van der Waals surface area contributed by atoms with E-state index in [-0.39, 0.29) is 0 Å². The second kappa shape index (κ2) is 3.74. The van der Waals surface area contributed by atoms with Crippen molar-refractivity contribution in [1.29, 1.82) is 0 Å². The summed E-state index contributed by atoms with van der Waals surface area (Å²) in [6.45, 7) is 4.64. The molecular weight excluding hydrogens is 196 g/mol. The molecule has 0 bridgehead atoms. The van der Waals surface area contributed by atoms with Crippen LogP contribution < -0.4 is 0 Å². The third-order valence-corrected chi connectivity index (χ3v) is 4.06. The monoisotopic (exact) mass is 214 g/mol. The molecule has 1 nitrogen and oxygen atoms in total. The highest BCUT2D eigenvalue weighted by Crippen LogP contribution is 2.45. The second-order valence-corrected chi connectivity index (χ2v) is 5.12. The van der Waals surface area contributed by atoms with Gasteiger partial charge in [0.15, 0.2) is 0 Å².